The summed E-state index contributed by atoms with van der Waals surface area (Å²) in [7, 11) is 0. The lowest BCUT2D eigenvalue weighted by molar-refractivity contribution is -0.114. The lowest BCUT2D eigenvalue weighted by Gasteiger charge is -2.07. The molecule has 3 aromatic rings. The number of fused-ring (bicyclic) bond motifs is 1. The van der Waals surface area contributed by atoms with Gasteiger partial charge in [-0.25, -0.2) is 0 Å². The highest BCUT2D eigenvalue weighted by molar-refractivity contribution is 6.06. The van der Waals surface area contributed by atoms with Gasteiger partial charge in [-0.1, -0.05) is 6.07 Å². The van der Waals surface area contributed by atoms with Gasteiger partial charge in [0.2, 0.25) is 5.91 Å². The Kier molecular flexibility index (Phi) is 3.57. The summed E-state index contributed by atoms with van der Waals surface area (Å²) in [6.45, 7) is 1.42. The minimum absolute atomic E-state index is 0.178. The van der Waals surface area contributed by atoms with E-state index >= 15 is 0 Å². The van der Waals surface area contributed by atoms with Gasteiger partial charge in [-0.2, -0.15) is 5.10 Å². The van der Waals surface area contributed by atoms with E-state index in [0.717, 1.165) is 10.9 Å². The number of benzene rings is 2. The van der Waals surface area contributed by atoms with Crippen LogP contribution in [0.4, 0.5) is 11.4 Å². The SMILES string of the molecule is CC(=O)Nc1cccc(C(=O)Nc2ccc3[nH]ncc3c2)c1. The van der Waals surface area contributed by atoms with E-state index in [-0.39, 0.29) is 11.8 Å². The van der Waals surface area contributed by atoms with Crippen molar-refractivity contribution in [3.8, 4) is 0 Å². The Labute approximate surface area is 126 Å². The monoisotopic (exact) mass is 294 g/mol. The number of nitrogens with one attached hydrogen (secondary N) is 3. The molecule has 0 saturated carbocycles. The second kappa shape index (κ2) is 5.69. The Bertz CT molecular complexity index is 854. The predicted molar refractivity (Wildman–Crippen MR) is 84.8 cm³/mol. The number of amides is 2. The Balaban J connectivity index is 1.80. The summed E-state index contributed by atoms with van der Waals surface area (Å²) in [5.41, 5.74) is 2.65. The smallest absolute Gasteiger partial charge is 0.255 e. The number of aromatic amines is 1. The van der Waals surface area contributed by atoms with Crippen molar-refractivity contribution in [3.63, 3.8) is 0 Å². The molecule has 0 fully saturated rings. The minimum atomic E-state index is -0.241. The first kappa shape index (κ1) is 13.8. The summed E-state index contributed by atoms with van der Waals surface area (Å²) in [5, 5.41) is 13.2. The summed E-state index contributed by atoms with van der Waals surface area (Å²) >= 11 is 0. The summed E-state index contributed by atoms with van der Waals surface area (Å²) in [5.74, 6) is -0.419. The van der Waals surface area contributed by atoms with Gasteiger partial charge in [-0.05, 0) is 36.4 Å². The summed E-state index contributed by atoms with van der Waals surface area (Å²) in [6, 6.07) is 12.3. The zero-order chi connectivity index (χ0) is 15.5. The molecule has 1 aromatic heterocycles. The highest BCUT2D eigenvalue weighted by atomic mass is 16.2. The van der Waals surface area contributed by atoms with Crippen LogP contribution in [0.3, 0.4) is 0 Å². The number of H-pyrrole nitrogens is 1. The van der Waals surface area contributed by atoms with E-state index < -0.39 is 0 Å². The van der Waals surface area contributed by atoms with Crippen LogP contribution < -0.4 is 10.6 Å². The predicted octanol–water partition coefficient (Wildman–Crippen LogP) is 2.77. The molecule has 2 amide bonds. The van der Waals surface area contributed by atoms with E-state index in [2.05, 4.69) is 20.8 Å². The van der Waals surface area contributed by atoms with Crippen molar-refractivity contribution in [2.24, 2.45) is 0 Å². The standard InChI is InChI=1S/C16H14N4O2/c1-10(21)18-13-4-2-3-11(7-13)16(22)19-14-5-6-15-12(8-14)9-17-20-15/h2-9H,1H3,(H,17,20)(H,18,21)(H,19,22). The third-order valence-electron chi connectivity index (χ3n) is 3.14. The van der Waals surface area contributed by atoms with Gasteiger partial charge < -0.3 is 10.6 Å². The Morgan fingerprint density at radius 1 is 1.05 bits per heavy atom. The molecule has 2 aromatic carbocycles. The highest BCUT2D eigenvalue weighted by Crippen LogP contribution is 2.18. The van der Waals surface area contributed by atoms with Gasteiger partial charge in [0.1, 0.15) is 0 Å². The number of hydrogen-bond acceptors (Lipinski definition) is 3. The van der Waals surface area contributed by atoms with Gasteiger partial charge in [-0.3, -0.25) is 14.7 Å². The second-order valence-corrected chi connectivity index (χ2v) is 4.89. The van der Waals surface area contributed by atoms with Crippen molar-refractivity contribution in [3.05, 3.63) is 54.2 Å². The maximum Gasteiger partial charge on any atom is 0.255 e. The van der Waals surface area contributed by atoms with Crippen LogP contribution in [0, 0.1) is 0 Å². The van der Waals surface area contributed by atoms with Crippen LogP contribution in [-0.4, -0.2) is 22.0 Å². The van der Waals surface area contributed by atoms with Gasteiger partial charge in [0.15, 0.2) is 0 Å². The molecule has 0 unspecified atom stereocenters. The van der Waals surface area contributed by atoms with E-state index in [1.165, 1.54) is 6.92 Å². The molecular weight excluding hydrogens is 280 g/mol. The van der Waals surface area contributed by atoms with E-state index in [0.29, 0.717) is 16.9 Å². The Morgan fingerprint density at radius 2 is 1.86 bits per heavy atom. The molecule has 6 heteroatoms. The first-order chi connectivity index (χ1) is 10.6. The van der Waals surface area contributed by atoms with Crippen LogP contribution >= 0.6 is 0 Å². The summed E-state index contributed by atoms with van der Waals surface area (Å²) in [4.78, 5) is 23.3. The topological polar surface area (TPSA) is 86.9 Å². The van der Waals surface area contributed by atoms with Crippen LogP contribution in [0.15, 0.2) is 48.7 Å². The van der Waals surface area contributed by atoms with Crippen molar-refractivity contribution < 1.29 is 9.59 Å². The van der Waals surface area contributed by atoms with E-state index in [1.54, 1.807) is 36.5 Å². The number of carbonyl (C=O) groups excluding carboxylic acids is 2. The summed E-state index contributed by atoms with van der Waals surface area (Å²) < 4.78 is 0. The first-order valence-electron chi connectivity index (χ1n) is 6.74. The maximum atomic E-state index is 12.3. The molecule has 0 aliphatic heterocycles. The quantitative estimate of drug-likeness (QED) is 0.694. The van der Waals surface area contributed by atoms with Gasteiger partial charge in [-0.15, -0.1) is 0 Å². The number of anilines is 2. The molecule has 0 spiro atoms. The highest BCUT2D eigenvalue weighted by Gasteiger charge is 2.08. The number of hydrogen-bond donors (Lipinski definition) is 3. The molecule has 0 aliphatic carbocycles. The molecule has 3 rings (SSSR count). The molecule has 0 atom stereocenters. The third-order valence-corrected chi connectivity index (χ3v) is 3.14. The Hall–Kier alpha value is -3.15. The first-order valence-corrected chi connectivity index (χ1v) is 6.74. The van der Waals surface area contributed by atoms with Crippen LogP contribution in [0.5, 0.6) is 0 Å². The average molecular weight is 294 g/mol. The van der Waals surface area contributed by atoms with Crippen molar-refractivity contribution in [1.29, 1.82) is 0 Å². The zero-order valence-electron chi connectivity index (χ0n) is 11.9. The number of rotatable bonds is 3. The van der Waals surface area contributed by atoms with E-state index in [1.807, 2.05) is 12.1 Å². The van der Waals surface area contributed by atoms with E-state index in [9.17, 15) is 9.59 Å². The van der Waals surface area contributed by atoms with E-state index in [4.69, 9.17) is 0 Å². The average Bonchev–Trinajstić information content (AvgIpc) is 2.94. The van der Waals surface area contributed by atoms with Gasteiger partial charge in [0, 0.05) is 29.2 Å². The van der Waals surface area contributed by atoms with Crippen molar-refractivity contribution >= 4 is 34.1 Å². The second-order valence-electron chi connectivity index (χ2n) is 4.89. The molecule has 3 N–H and O–H groups in total. The molecule has 0 radical (unpaired) electrons. The van der Waals surface area contributed by atoms with Crippen LogP contribution in [0.1, 0.15) is 17.3 Å². The number of aromatic nitrogens is 2. The lowest BCUT2D eigenvalue weighted by atomic mass is 10.1. The van der Waals surface area contributed by atoms with Crippen molar-refractivity contribution in [2.45, 2.75) is 6.92 Å². The van der Waals surface area contributed by atoms with Gasteiger partial charge >= 0.3 is 0 Å². The Morgan fingerprint density at radius 3 is 2.68 bits per heavy atom. The van der Waals surface area contributed by atoms with Crippen LogP contribution in [-0.2, 0) is 4.79 Å². The molecule has 22 heavy (non-hydrogen) atoms. The molecule has 0 saturated heterocycles. The fourth-order valence-electron chi connectivity index (χ4n) is 2.17. The van der Waals surface area contributed by atoms with Crippen LogP contribution in [0.25, 0.3) is 10.9 Å². The molecule has 0 bridgehead atoms. The molecule has 0 aliphatic rings. The fraction of sp³-hybridized carbons (Fsp3) is 0.0625. The van der Waals surface area contributed by atoms with Crippen molar-refractivity contribution in [1.82, 2.24) is 10.2 Å². The summed E-state index contributed by atoms with van der Waals surface area (Å²) in [6.07, 6.45) is 1.70. The third kappa shape index (κ3) is 2.95. The fourth-order valence-corrected chi connectivity index (χ4v) is 2.17. The normalized spacial score (nSPS) is 10.4. The zero-order valence-corrected chi connectivity index (χ0v) is 11.9. The van der Waals surface area contributed by atoms with Gasteiger partial charge in [0.05, 0.1) is 11.7 Å². The van der Waals surface area contributed by atoms with Crippen molar-refractivity contribution in [2.75, 3.05) is 10.6 Å². The van der Waals surface area contributed by atoms with Gasteiger partial charge in [0.25, 0.3) is 5.91 Å². The minimum Gasteiger partial charge on any atom is -0.326 e. The molecule has 1 heterocycles. The lowest BCUT2D eigenvalue weighted by Crippen LogP contribution is -2.13. The molecule has 6 nitrogen and oxygen atoms in total. The maximum absolute atomic E-state index is 12.3. The largest absolute Gasteiger partial charge is 0.326 e. The number of nitrogens with zero attached hydrogens (tertiary/aromatic N) is 1. The molecule has 110 valence electrons. The number of carbonyl (C=O) groups is 2. The van der Waals surface area contributed by atoms with Crippen LogP contribution in [0.2, 0.25) is 0 Å². The molecular formula is C16H14N4O2.